The molecule has 2 aromatic rings. The van der Waals surface area contributed by atoms with Crippen molar-refractivity contribution < 1.29 is 14.3 Å². The summed E-state index contributed by atoms with van der Waals surface area (Å²) < 4.78 is 13.1. The Morgan fingerprint density at radius 3 is 2.75 bits per heavy atom. The van der Waals surface area contributed by atoms with Crippen molar-refractivity contribution in [2.45, 2.75) is 17.6 Å². The summed E-state index contributed by atoms with van der Waals surface area (Å²) in [7, 11) is 0. The third kappa shape index (κ3) is 3.52. The largest absolute Gasteiger partial charge is 0.507 e. The van der Waals surface area contributed by atoms with Gasteiger partial charge in [-0.2, -0.15) is 0 Å². The minimum absolute atomic E-state index is 0.0641. The predicted octanol–water partition coefficient (Wildman–Crippen LogP) is 4.68. The van der Waals surface area contributed by atoms with E-state index in [1.54, 1.807) is 18.2 Å². The average Bonchev–Trinajstić information content (AvgIpc) is 2.39. The Hall–Kier alpha value is -1.52. The number of benzene rings is 2. The molecule has 0 amide bonds. The van der Waals surface area contributed by atoms with Crippen molar-refractivity contribution in [3.63, 3.8) is 0 Å². The molecule has 0 aliphatic carbocycles. The van der Waals surface area contributed by atoms with Gasteiger partial charge in [0, 0.05) is 21.2 Å². The number of ketones is 1. The van der Waals surface area contributed by atoms with Gasteiger partial charge >= 0.3 is 0 Å². The average molecular weight is 311 g/mol. The molecule has 2 aromatic carbocycles. The van der Waals surface area contributed by atoms with Gasteiger partial charge in [-0.25, -0.2) is 4.39 Å². The molecular weight excluding hydrogens is 299 g/mol. The van der Waals surface area contributed by atoms with Gasteiger partial charge in [0.15, 0.2) is 5.78 Å². The van der Waals surface area contributed by atoms with Gasteiger partial charge in [-0.05, 0) is 37.3 Å². The second kappa shape index (κ2) is 6.29. The highest BCUT2D eigenvalue weighted by Crippen LogP contribution is 2.32. The lowest BCUT2D eigenvalue weighted by Gasteiger charge is -2.09. The SMILES string of the molecule is CC(=O)c1cc(Cl)cc(CSc2cccc(F)c2)c1O. The van der Waals surface area contributed by atoms with Crippen LogP contribution in [-0.2, 0) is 5.75 Å². The molecule has 0 heterocycles. The minimum Gasteiger partial charge on any atom is -0.507 e. The third-order valence-corrected chi connectivity index (χ3v) is 3.98. The summed E-state index contributed by atoms with van der Waals surface area (Å²) in [4.78, 5) is 12.2. The number of halogens is 2. The van der Waals surface area contributed by atoms with Crippen molar-refractivity contribution in [3.05, 3.63) is 58.4 Å². The van der Waals surface area contributed by atoms with E-state index in [0.29, 0.717) is 16.3 Å². The molecule has 0 aliphatic heterocycles. The van der Waals surface area contributed by atoms with Gasteiger partial charge < -0.3 is 5.11 Å². The number of carbonyl (C=O) groups excluding carboxylic acids is 1. The third-order valence-electron chi connectivity index (χ3n) is 2.72. The summed E-state index contributed by atoms with van der Waals surface area (Å²) in [6.07, 6.45) is 0. The van der Waals surface area contributed by atoms with Crippen LogP contribution in [-0.4, -0.2) is 10.9 Å². The molecule has 0 unspecified atom stereocenters. The first-order valence-corrected chi connectivity index (χ1v) is 7.24. The Morgan fingerprint density at radius 2 is 2.10 bits per heavy atom. The van der Waals surface area contributed by atoms with Crippen LogP contribution in [0.15, 0.2) is 41.3 Å². The van der Waals surface area contributed by atoms with E-state index in [-0.39, 0.29) is 22.9 Å². The van der Waals surface area contributed by atoms with Gasteiger partial charge in [0.1, 0.15) is 11.6 Å². The quantitative estimate of drug-likeness (QED) is 0.658. The van der Waals surface area contributed by atoms with E-state index in [4.69, 9.17) is 11.6 Å². The molecule has 0 saturated carbocycles. The standard InChI is InChI=1S/C15H12ClFO2S/c1-9(18)14-6-11(16)5-10(15(14)19)8-20-13-4-2-3-12(17)7-13/h2-7,19H,8H2,1H3. The molecule has 0 aromatic heterocycles. The molecule has 0 fully saturated rings. The Morgan fingerprint density at radius 1 is 1.35 bits per heavy atom. The molecule has 1 N–H and O–H groups in total. The summed E-state index contributed by atoms with van der Waals surface area (Å²) >= 11 is 7.30. The van der Waals surface area contributed by atoms with Crippen LogP contribution in [0.3, 0.4) is 0 Å². The number of phenolic OH excluding ortho intramolecular Hbond substituents is 1. The van der Waals surface area contributed by atoms with E-state index in [1.165, 1.54) is 36.9 Å². The lowest BCUT2D eigenvalue weighted by atomic mass is 10.1. The van der Waals surface area contributed by atoms with Gasteiger partial charge in [-0.3, -0.25) is 4.79 Å². The Balaban J connectivity index is 2.23. The van der Waals surface area contributed by atoms with E-state index < -0.39 is 0 Å². The van der Waals surface area contributed by atoms with E-state index in [0.717, 1.165) is 4.90 Å². The zero-order valence-corrected chi connectivity index (χ0v) is 12.3. The molecule has 2 rings (SSSR count). The number of hydrogen-bond donors (Lipinski definition) is 1. The lowest BCUT2D eigenvalue weighted by molar-refractivity contribution is 0.101. The Kier molecular flexibility index (Phi) is 4.68. The highest BCUT2D eigenvalue weighted by molar-refractivity contribution is 7.98. The summed E-state index contributed by atoms with van der Waals surface area (Å²) in [5.74, 6) is -0.224. The van der Waals surface area contributed by atoms with Crippen LogP contribution in [0, 0.1) is 5.82 Å². The van der Waals surface area contributed by atoms with E-state index >= 15 is 0 Å². The van der Waals surface area contributed by atoms with Gasteiger partial charge in [-0.15, -0.1) is 11.8 Å². The first-order chi connectivity index (χ1) is 9.47. The molecule has 0 radical (unpaired) electrons. The number of rotatable bonds is 4. The number of hydrogen-bond acceptors (Lipinski definition) is 3. The summed E-state index contributed by atoms with van der Waals surface area (Å²) in [5, 5.41) is 10.4. The Labute approximate surface area is 125 Å². The van der Waals surface area contributed by atoms with Crippen LogP contribution in [0.4, 0.5) is 4.39 Å². The summed E-state index contributed by atoms with van der Waals surface area (Å²) in [5.41, 5.74) is 0.754. The maximum Gasteiger partial charge on any atom is 0.163 e. The molecule has 20 heavy (non-hydrogen) atoms. The maximum atomic E-state index is 13.1. The fourth-order valence-corrected chi connectivity index (χ4v) is 2.91. The van der Waals surface area contributed by atoms with Crippen molar-refractivity contribution in [1.29, 1.82) is 0 Å². The topological polar surface area (TPSA) is 37.3 Å². The number of aromatic hydroxyl groups is 1. The summed E-state index contributed by atoms with van der Waals surface area (Å²) in [6.45, 7) is 1.37. The van der Waals surface area contributed by atoms with Crippen molar-refractivity contribution in [2.24, 2.45) is 0 Å². The predicted molar refractivity (Wildman–Crippen MR) is 79.1 cm³/mol. The monoisotopic (exact) mass is 310 g/mol. The lowest BCUT2D eigenvalue weighted by Crippen LogP contribution is -1.96. The normalized spacial score (nSPS) is 10.6. The summed E-state index contributed by atoms with van der Waals surface area (Å²) in [6, 6.07) is 9.23. The molecule has 0 spiro atoms. The second-order valence-corrected chi connectivity index (χ2v) is 5.75. The molecule has 0 atom stereocenters. The van der Waals surface area contributed by atoms with Crippen LogP contribution in [0.5, 0.6) is 5.75 Å². The molecule has 104 valence electrons. The molecule has 5 heteroatoms. The molecule has 0 bridgehead atoms. The molecular formula is C15H12ClFO2S. The number of thioether (sulfide) groups is 1. The molecule has 0 saturated heterocycles. The minimum atomic E-state index is -0.310. The van der Waals surface area contributed by atoms with Crippen LogP contribution < -0.4 is 0 Å². The highest BCUT2D eigenvalue weighted by atomic mass is 35.5. The van der Waals surface area contributed by atoms with Crippen molar-refractivity contribution in [1.82, 2.24) is 0 Å². The first-order valence-electron chi connectivity index (χ1n) is 5.88. The van der Waals surface area contributed by atoms with Crippen molar-refractivity contribution in [2.75, 3.05) is 0 Å². The van der Waals surface area contributed by atoms with Crippen molar-refractivity contribution >= 4 is 29.1 Å². The highest BCUT2D eigenvalue weighted by Gasteiger charge is 2.13. The van der Waals surface area contributed by atoms with E-state index in [9.17, 15) is 14.3 Å². The van der Waals surface area contributed by atoms with Crippen LogP contribution in [0.1, 0.15) is 22.8 Å². The van der Waals surface area contributed by atoms with Crippen LogP contribution in [0.25, 0.3) is 0 Å². The fraction of sp³-hybridized carbons (Fsp3) is 0.133. The van der Waals surface area contributed by atoms with Gasteiger partial charge in [-0.1, -0.05) is 17.7 Å². The second-order valence-electron chi connectivity index (χ2n) is 4.26. The Bertz CT molecular complexity index is 658. The van der Waals surface area contributed by atoms with Gasteiger partial charge in [0.05, 0.1) is 5.56 Å². The van der Waals surface area contributed by atoms with Crippen molar-refractivity contribution in [3.8, 4) is 5.75 Å². The zero-order chi connectivity index (χ0) is 14.7. The smallest absolute Gasteiger partial charge is 0.163 e. The maximum absolute atomic E-state index is 13.1. The number of phenols is 1. The number of carbonyl (C=O) groups is 1. The zero-order valence-electron chi connectivity index (χ0n) is 10.7. The fourth-order valence-electron chi connectivity index (χ4n) is 1.75. The van der Waals surface area contributed by atoms with Gasteiger partial charge in [0.25, 0.3) is 0 Å². The van der Waals surface area contributed by atoms with Gasteiger partial charge in [0.2, 0.25) is 0 Å². The van der Waals surface area contributed by atoms with Crippen LogP contribution in [0.2, 0.25) is 5.02 Å². The van der Waals surface area contributed by atoms with E-state index in [1.807, 2.05) is 0 Å². The molecule has 0 aliphatic rings. The number of Topliss-reactive ketones (excluding diaryl/α,β-unsaturated/α-hetero) is 1. The first kappa shape index (κ1) is 14.9. The van der Waals surface area contributed by atoms with Crippen LogP contribution >= 0.6 is 23.4 Å². The van der Waals surface area contributed by atoms with E-state index in [2.05, 4.69) is 0 Å². The molecule has 2 nitrogen and oxygen atoms in total.